The van der Waals surface area contributed by atoms with Crippen LogP contribution in [0.4, 0.5) is 0 Å². The fraction of sp³-hybridized carbons (Fsp3) is 0.579. The summed E-state index contributed by atoms with van der Waals surface area (Å²) in [6.45, 7) is 11.6. The minimum absolute atomic E-state index is 0.0628. The highest BCUT2D eigenvalue weighted by atomic mass is 79.9. The molecule has 0 aromatic heterocycles. The van der Waals surface area contributed by atoms with E-state index in [-0.39, 0.29) is 11.5 Å². The summed E-state index contributed by atoms with van der Waals surface area (Å²) in [5.74, 6) is 2.14. The second kappa shape index (κ2) is 7.27. The lowest BCUT2D eigenvalue weighted by Crippen LogP contribution is -2.34. The Morgan fingerprint density at radius 3 is 2.78 bits per heavy atom. The Balaban J connectivity index is 2.51. The summed E-state index contributed by atoms with van der Waals surface area (Å²) in [4.78, 5) is 0. The molecule has 0 saturated carbocycles. The van der Waals surface area contributed by atoms with Gasteiger partial charge in [0.1, 0.15) is 6.10 Å². The molecule has 2 rings (SSSR count). The van der Waals surface area contributed by atoms with Crippen molar-refractivity contribution in [2.45, 2.75) is 45.1 Å². The van der Waals surface area contributed by atoms with Crippen molar-refractivity contribution in [3.63, 3.8) is 0 Å². The monoisotopic (exact) mass is 381 g/mol. The molecule has 0 spiro atoms. The topological polar surface area (TPSA) is 30.5 Å². The molecule has 0 radical (unpaired) electrons. The van der Waals surface area contributed by atoms with Crippen molar-refractivity contribution in [2.24, 2.45) is 5.92 Å². The maximum absolute atomic E-state index is 6.38. The van der Waals surface area contributed by atoms with Crippen molar-refractivity contribution in [3.05, 3.63) is 34.3 Å². The number of hydrogen-bond acceptors (Lipinski definition) is 3. The normalized spacial score (nSPS) is 19.8. The number of fused-ring (bicyclic) bond motifs is 1. The fourth-order valence-electron chi connectivity index (χ4n) is 3.32. The van der Waals surface area contributed by atoms with Gasteiger partial charge in [0.15, 0.2) is 11.5 Å². The van der Waals surface area contributed by atoms with Crippen LogP contribution in [0.15, 0.2) is 23.2 Å². The molecule has 2 atom stereocenters. The highest BCUT2D eigenvalue weighted by Crippen LogP contribution is 2.52. The molecule has 0 bridgehead atoms. The van der Waals surface area contributed by atoms with E-state index >= 15 is 0 Å². The third-order valence-electron chi connectivity index (χ3n) is 4.84. The van der Waals surface area contributed by atoms with Crippen LogP contribution >= 0.6 is 15.9 Å². The first-order valence-electron chi connectivity index (χ1n) is 8.20. The number of methoxy groups -OCH3 is 1. The molecular formula is C19H28BrNO2. The molecule has 1 aliphatic heterocycles. The summed E-state index contributed by atoms with van der Waals surface area (Å²) in [6.07, 6.45) is 4.04. The molecule has 0 amide bonds. The van der Waals surface area contributed by atoms with Gasteiger partial charge in [-0.05, 0) is 44.0 Å². The molecule has 0 aliphatic carbocycles. The highest BCUT2D eigenvalue weighted by Gasteiger charge is 2.45. The van der Waals surface area contributed by atoms with Crippen LogP contribution < -0.4 is 14.8 Å². The summed E-state index contributed by atoms with van der Waals surface area (Å²) >= 11 is 3.73. The lowest BCUT2D eigenvalue weighted by Gasteiger charge is -2.28. The van der Waals surface area contributed by atoms with E-state index < -0.39 is 0 Å². The first-order chi connectivity index (χ1) is 10.9. The molecule has 2 unspecified atom stereocenters. The second-order valence-corrected chi connectivity index (χ2v) is 7.73. The van der Waals surface area contributed by atoms with Crippen LogP contribution in [0.1, 0.15) is 38.3 Å². The summed E-state index contributed by atoms with van der Waals surface area (Å²) in [7, 11) is 3.68. The van der Waals surface area contributed by atoms with Crippen molar-refractivity contribution in [1.82, 2.24) is 5.32 Å². The third-order valence-corrected chi connectivity index (χ3v) is 5.55. The molecule has 23 heavy (non-hydrogen) atoms. The molecular weight excluding hydrogens is 354 g/mol. The summed E-state index contributed by atoms with van der Waals surface area (Å²) in [5.41, 5.74) is 2.53. The molecule has 1 aromatic rings. The number of halogens is 1. The standard InChI is InChI=1S/C19H28BrNO2/c1-7-12(2)10-16-19(3,4)17-13(8-9-21-5)14(20)11-15(22-6)18(17)23-16/h7,11-12,16,21H,1,8-10H2,2-6H3. The maximum Gasteiger partial charge on any atom is 0.165 e. The molecule has 0 saturated heterocycles. The number of benzene rings is 1. The number of nitrogens with one attached hydrogen (secondary N) is 1. The van der Waals surface area contributed by atoms with Crippen LogP contribution in [-0.4, -0.2) is 26.8 Å². The summed E-state index contributed by atoms with van der Waals surface area (Å²) in [6, 6.07) is 2.03. The maximum atomic E-state index is 6.38. The predicted octanol–water partition coefficient (Wildman–Crippen LogP) is 4.47. The highest BCUT2D eigenvalue weighted by molar-refractivity contribution is 9.10. The molecule has 0 fully saturated rings. The van der Waals surface area contributed by atoms with Crippen LogP contribution in [0.5, 0.6) is 11.5 Å². The van der Waals surface area contributed by atoms with Gasteiger partial charge < -0.3 is 14.8 Å². The molecule has 1 heterocycles. The molecule has 128 valence electrons. The first-order valence-corrected chi connectivity index (χ1v) is 8.99. The van der Waals surface area contributed by atoms with E-state index in [1.165, 1.54) is 11.1 Å². The van der Waals surface area contributed by atoms with Gasteiger partial charge in [0, 0.05) is 15.5 Å². The summed E-state index contributed by atoms with van der Waals surface area (Å²) < 4.78 is 13.1. The van der Waals surface area contributed by atoms with Crippen molar-refractivity contribution >= 4 is 15.9 Å². The van der Waals surface area contributed by atoms with Gasteiger partial charge in [-0.1, -0.05) is 42.8 Å². The molecule has 4 heteroatoms. The average molecular weight is 382 g/mol. The minimum atomic E-state index is -0.0628. The molecule has 3 nitrogen and oxygen atoms in total. The van der Waals surface area contributed by atoms with Gasteiger partial charge in [-0.3, -0.25) is 0 Å². The van der Waals surface area contributed by atoms with Crippen LogP contribution in [-0.2, 0) is 11.8 Å². The van der Waals surface area contributed by atoms with Crippen molar-refractivity contribution in [1.29, 1.82) is 0 Å². The Hall–Kier alpha value is -1.00. The van der Waals surface area contributed by atoms with Gasteiger partial charge in [0.2, 0.25) is 0 Å². The van der Waals surface area contributed by atoms with Crippen LogP contribution in [0.2, 0.25) is 0 Å². The van der Waals surface area contributed by atoms with E-state index in [1.54, 1.807) is 7.11 Å². The Morgan fingerprint density at radius 1 is 1.52 bits per heavy atom. The zero-order valence-corrected chi connectivity index (χ0v) is 16.4. The smallest absolute Gasteiger partial charge is 0.165 e. The lowest BCUT2D eigenvalue weighted by molar-refractivity contribution is 0.141. The van der Waals surface area contributed by atoms with E-state index in [2.05, 4.69) is 48.6 Å². The van der Waals surface area contributed by atoms with Gasteiger partial charge in [0.25, 0.3) is 0 Å². The molecule has 1 N–H and O–H groups in total. The number of ether oxygens (including phenoxy) is 2. The third kappa shape index (κ3) is 3.43. The van der Waals surface area contributed by atoms with Crippen molar-refractivity contribution in [3.8, 4) is 11.5 Å². The fourth-order valence-corrected chi connectivity index (χ4v) is 3.92. The van der Waals surface area contributed by atoms with Crippen LogP contribution in [0.3, 0.4) is 0 Å². The first kappa shape index (κ1) is 18.3. The predicted molar refractivity (Wildman–Crippen MR) is 99.7 cm³/mol. The van der Waals surface area contributed by atoms with E-state index in [0.29, 0.717) is 5.92 Å². The number of allylic oxidation sites excluding steroid dienone is 1. The van der Waals surface area contributed by atoms with Gasteiger partial charge in [-0.25, -0.2) is 0 Å². The zero-order chi connectivity index (χ0) is 17.2. The Kier molecular flexibility index (Phi) is 5.79. The van der Waals surface area contributed by atoms with Gasteiger partial charge in [-0.15, -0.1) is 6.58 Å². The molecule has 1 aliphatic rings. The van der Waals surface area contributed by atoms with Gasteiger partial charge >= 0.3 is 0 Å². The molecule has 1 aromatic carbocycles. The van der Waals surface area contributed by atoms with Gasteiger partial charge in [0.05, 0.1) is 7.11 Å². The van der Waals surface area contributed by atoms with E-state index in [0.717, 1.165) is 35.4 Å². The number of likely N-dealkylation sites (N-methyl/N-ethyl adjacent to an activating group) is 1. The van der Waals surface area contributed by atoms with Crippen LogP contribution in [0, 0.1) is 5.92 Å². The minimum Gasteiger partial charge on any atom is -0.493 e. The number of hydrogen-bond donors (Lipinski definition) is 1. The lowest BCUT2D eigenvalue weighted by atomic mass is 9.75. The van der Waals surface area contributed by atoms with E-state index in [1.807, 2.05) is 19.2 Å². The van der Waals surface area contributed by atoms with Crippen molar-refractivity contribution < 1.29 is 9.47 Å². The Morgan fingerprint density at radius 2 is 2.22 bits per heavy atom. The Labute approximate surface area is 148 Å². The largest absolute Gasteiger partial charge is 0.493 e. The van der Waals surface area contributed by atoms with Crippen LogP contribution in [0.25, 0.3) is 0 Å². The average Bonchev–Trinajstić information content (AvgIpc) is 2.77. The van der Waals surface area contributed by atoms with E-state index in [4.69, 9.17) is 9.47 Å². The van der Waals surface area contributed by atoms with Gasteiger partial charge in [-0.2, -0.15) is 0 Å². The van der Waals surface area contributed by atoms with Crippen molar-refractivity contribution in [2.75, 3.05) is 20.7 Å². The zero-order valence-electron chi connectivity index (χ0n) is 14.8. The summed E-state index contributed by atoms with van der Waals surface area (Å²) in [5, 5.41) is 3.24. The quantitative estimate of drug-likeness (QED) is 0.706. The SMILES string of the molecule is C=CC(C)CC1Oc2c(OC)cc(Br)c(CCNC)c2C1(C)C. The second-order valence-electron chi connectivity index (χ2n) is 6.87. The number of rotatable bonds is 7. The van der Waals surface area contributed by atoms with E-state index in [9.17, 15) is 0 Å². The Bertz CT molecular complexity index is 583.